The predicted octanol–water partition coefficient (Wildman–Crippen LogP) is 2.63. The highest BCUT2D eigenvalue weighted by Crippen LogP contribution is 2.20. The normalized spacial score (nSPS) is 11.8. The van der Waals surface area contributed by atoms with E-state index in [2.05, 4.69) is 10.3 Å². The Morgan fingerprint density at radius 3 is 2.67 bits per heavy atom. The van der Waals surface area contributed by atoms with Crippen LogP contribution in [0.15, 0.2) is 36.5 Å². The Balaban J connectivity index is 2.10. The number of amides is 1. The Hall–Kier alpha value is -1.99. The van der Waals surface area contributed by atoms with Crippen molar-refractivity contribution in [2.75, 3.05) is 24.7 Å². The Bertz CT molecular complexity index is 800. The molecule has 7 heteroatoms. The molecule has 130 valence electrons. The topological polar surface area (TPSA) is 79.4 Å². The Kier molecular flexibility index (Phi) is 6.28. The summed E-state index contributed by atoms with van der Waals surface area (Å²) < 4.78 is 24.9. The van der Waals surface area contributed by atoms with E-state index >= 15 is 0 Å². The molecule has 24 heavy (non-hydrogen) atoms. The first kappa shape index (κ1) is 18.4. The van der Waals surface area contributed by atoms with Gasteiger partial charge in [-0.2, -0.15) is 4.31 Å². The van der Waals surface area contributed by atoms with Crippen molar-refractivity contribution >= 4 is 32.5 Å². The maximum Gasteiger partial charge on any atom is 0.239 e. The van der Waals surface area contributed by atoms with Gasteiger partial charge in [0.05, 0.1) is 24.0 Å². The molecular formula is C17H23N3O3S. The van der Waals surface area contributed by atoms with E-state index in [1.165, 1.54) is 4.31 Å². The first-order chi connectivity index (χ1) is 11.4. The van der Waals surface area contributed by atoms with E-state index in [1.807, 2.05) is 31.2 Å². The van der Waals surface area contributed by atoms with E-state index in [-0.39, 0.29) is 12.5 Å². The minimum absolute atomic E-state index is 0.189. The molecule has 0 unspecified atom stereocenters. The van der Waals surface area contributed by atoms with Gasteiger partial charge in [-0.3, -0.25) is 9.78 Å². The lowest BCUT2D eigenvalue weighted by atomic mass is 10.2. The smallest absolute Gasteiger partial charge is 0.239 e. The molecule has 1 N–H and O–H groups in total. The molecule has 1 aromatic carbocycles. The first-order valence-electron chi connectivity index (χ1n) is 8.00. The van der Waals surface area contributed by atoms with E-state index in [0.717, 1.165) is 30.9 Å². The minimum atomic E-state index is -3.42. The van der Waals surface area contributed by atoms with Crippen LogP contribution in [0.2, 0.25) is 0 Å². The number of nitrogens with zero attached hydrogens (tertiary/aromatic N) is 2. The van der Waals surface area contributed by atoms with E-state index in [4.69, 9.17) is 0 Å². The van der Waals surface area contributed by atoms with Gasteiger partial charge < -0.3 is 5.32 Å². The van der Waals surface area contributed by atoms with Gasteiger partial charge in [0.2, 0.25) is 15.9 Å². The van der Waals surface area contributed by atoms with Gasteiger partial charge in [0.1, 0.15) is 0 Å². The van der Waals surface area contributed by atoms with Crippen LogP contribution in [0.3, 0.4) is 0 Å². The van der Waals surface area contributed by atoms with E-state index < -0.39 is 10.0 Å². The summed E-state index contributed by atoms with van der Waals surface area (Å²) in [7, 11) is -3.42. The van der Waals surface area contributed by atoms with Crippen molar-refractivity contribution in [3.8, 4) is 0 Å². The average Bonchev–Trinajstić information content (AvgIpc) is 2.53. The number of carbonyl (C=O) groups excluding carboxylic acids is 1. The second-order valence-electron chi connectivity index (χ2n) is 5.73. The van der Waals surface area contributed by atoms with Crippen molar-refractivity contribution in [1.29, 1.82) is 0 Å². The van der Waals surface area contributed by atoms with Crippen LogP contribution in [0, 0.1) is 0 Å². The summed E-state index contributed by atoms with van der Waals surface area (Å²) in [6.07, 6.45) is 5.45. The summed E-state index contributed by atoms with van der Waals surface area (Å²) in [5.74, 6) is -0.366. The molecule has 0 aliphatic rings. The standard InChI is InChI=1S/C17H23N3O3S/c1-3-4-5-12-20(24(2,22)23)13-16(21)19-15-10-6-8-14-9-7-11-18-17(14)15/h6-11H,3-5,12-13H2,1-2H3,(H,19,21). The molecule has 0 bridgehead atoms. The molecule has 1 aromatic heterocycles. The number of pyridine rings is 1. The van der Waals surface area contributed by atoms with Gasteiger partial charge in [-0.25, -0.2) is 8.42 Å². The third-order valence-corrected chi connectivity index (χ3v) is 4.96. The van der Waals surface area contributed by atoms with Crippen LogP contribution >= 0.6 is 0 Å². The molecule has 1 amide bonds. The second kappa shape index (κ2) is 8.21. The highest BCUT2D eigenvalue weighted by atomic mass is 32.2. The van der Waals surface area contributed by atoms with Crippen LogP contribution in [-0.2, 0) is 14.8 Å². The lowest BCUT2D eigenvalue weighted by molar-refractivity contribution is -0.116. The fraction of sp³-hybridized carbons (Fsp3) is 0.412. The SMILES string of the molecule is CCCCCN(CC(=O)Nc1cccc2cccnc12)S(C)(=O)=O. The summed E-state index contributed by atoms with van der Waals surface area (Å²) in [4.78, 5) is 16.6. The van der Waals surface area contributed by atoms with E-state index in [0.29, 0.717) is 17.7 Å². The quantitative estimate of drug-likeness (QED) is 0.743. The fourth-order valence-corrected chi connectivity index (χ4v) is 3.27. The van der Waals surface area contributed by atoms with Crippen LogP contribution in [0.4, 0.5) is 5.69 Å². The molecule has 2 rings (SSSR count). The monoisotopic (exact) mass is 349 g/mol. The molecule has 6 nitrogen and oxygen atoms in total. The minimum Gasteiger partial charge on any atom is -0.323 e. The van der Waals surface area contributed by atoms with Crippen LogP contribution in [-0.4, -0.2) is 43.0 Å². The largest absolute Gasteiger partial charge is 0.323 e. The van der Waals surface area contributed by atoms with Crippen LogP contribution < -0.4 is 5.32 Å². The number of aromatic nitrogens is 1. The first-order valence-corrected chi connectivity index (χ1v) is 9.85. The molecule has 2 aromatic rings. The average molecular weight is 349 g/mol. The molecule has 0 atom stereocenters. The van der Waals surface area contributed by atoms with Gasteiger partial charge in [0.25, 0.3) is 0 Å². The molecule has 0 radical (unpaired) electrons. The van der Waals surface area contributed by atoms with Gasteiger partial charge in [-0.15, -0.1) is 0 Å². The molecule has 0 aliphatic heterocycles. The summed E-state index contributed by atoms with van der Waals surface area (Å²) >= 11 is 0. The number of rotatable bonds is 8. The lowest BCUT2D eigenvalue weighted by Crippen LogP contribution is -2.38. The highest BCUT2D eigenvalue weighted by molar-refractivity contribution is 7.88. The summed E-state index contributed by atoms with van der Waals surface area (Å²) in [6.45, 7) is 2.21. The van der Waals surface area contributed by atoms with Gasteiger partial charge in [0.15, 0.2) is 0 Å². The van der Waals surface area contributed by atoms with Crippen molar-refractivity contribution in [1.82, 2.24) is 9.29 Å². The number of nitrogens with one attached hydrogen (secondary N) is 1. The summed E-state index contributed by atoms with van der Waals surface area (Å²) in [5, 5.41) is 3.69. The van der Waals surface area contributed by atoms with Crippen LogP contribution in [0.25, 0.3) is 10.9 Å². The van der Waals surface area contributed by atoms with Gasteiger partial charge in [-0.05, 0) is 18.6 Å². The molecule has 0 fully saturated rings. The van der Waals surface area contributed by atoms with Crippen molar-refractivity contribution in [2.24, 2.45) is 0 Å². The third kappa shape index (κ3) is 5.01. The third-order valence-electron chi connectivity index (χ3n) is 3.71. The molecule has 0 saturated heterocycles. The van der Waals surface area contributed by atoms with Crippen molar-refractivity contribution in [2.45, 2.75) is 26.2 Å². The van der Waals surface area contributed by atoms with Gasteiger partial charge >= 0.3 is 0 Å². The zero-order chi connectivity index (χ0) is 17.6. The molecule has 0 saturated carbocycles. The molecular weight excluding hydrogens is 326 g/mol. The number of hydrogen-bond acceptors (Lipinski definition) is 4. The fourth-order valence-electron chi connectivity index (χ4n) is 2.46. The van der Waals surface area contributed by atoms with Crippen LogP contribution in [0.1, 0.15) is 26.2 Å². The molecule has 0 aliphatic carbocycles. The Morgan fingerprint density at radius 1 is 1.21 bits per heavy atom. The number of sulfonamides is 1. The number of para-hydroxylation sites is 1. The van der Waals surface area contributed by atoms with Gasteiger partial charge in [0, 0.05) is 18.1 Å². The Morgan fingerprint density at radius 2 is 1.96 bits per heavy atom. The molecule has 1 heterocycles. The van der Waals surface area contributed by atoms with Crippen molar-refractivity contribution in [3.05, 3.63) is 36.5 Å². The number of anilines is 1. The number of unbranched alkanes of at least 4 members (excludes halogenated alkanes) is 2. The van der Waals surface area contributed by atoms with Crippen LogP contribution in [0.5, 0.6) is 0 Å². The number of hydrogen-bond donors (Lipinski definition) is 1. The van der Waals surface area contributed by atoms with E-state index in [9.17, 15) is 13.2 Å². The van der Waals surface area contributed by atoms with E-state index in [1.54, 1.807) is 12.3 Å². The van der Waals surface area contributed by atoms with Crippen molar-refractivity contribution < 1.29 is 13.2 Å². The Labute approximate surface area is 142 Å². The lowest BCUT2D eigenvalue weighted by Gasteiger charge is -2.19. The van der Waals surface area contributed by atoms with Crippen molar-refractivity contribution in [3.63, 3.8) is 0 Å². The zero-order valence-corrected chi connectivity index (χ0v) is 14.8. The number of carbonyl (C=O) groups is 1. The summed E-state index contributed by atoms with van der Waals surface area (Å²) in [6, 6.07) is 9.23. The maximum atomic E-state index is 12.3. The molecule has 0 spiro atoms. The summed E-state index contributed by atoms with van der Waals surface area (Å²) in [5.41, 5.74) is 1.27. The zero-order valence-electron chi connectivity index (χ0n) is 14.0. The number of benzene rings is 1. The highest BCUT2D eigenvalue weighted by Gasteiger charge is 2.20. The number of fused-ring (bicyclic) bond motifs is 1. The maximum absolute atomic E-state index is 12.3. The predicted molar refractivity (Wildman–Crippen MR) is 96.3 cm³/mol. The second-order valence-corrected chi connectivity index (χ2v) is 7.71. The van der Waals surface area contributed by atoms with Gasteiger partial charge in [-0.1, -0.05) is 38.0 Å².